The summed E-state index contributed by atoms with van der Waals surface area (Å²) in [6, 6.07) is 9.15. The van der Waals surface area contributed by atoms with Gasteiger partial charge < -0.3 is 0 Å². The molecule has 1 aromatic carbocycles. The molecule has 0 radical (unpaired) electrons. The molecule has 0 N–H and O–H groups in total. The average Bonchev–Trinajstić information content (AvgIpc) is 2.39. The predicted molar refractivity (Wildman–Crippen MR) is 77.4 cm³/mol. The normalized spacial score (nSPS) is 26.9. The summed E-state index contributed by atoms with van der Waals surface area (Å²) in [6.07, 6.45) is 5.71. The fourth-order valence-corrected chi connectivity index (χ4v) is 4.29. The van der Waals surface area contributed by atoms with Crippen molar-refractivity contribution in [3.8, 4) is 6.07 Å². The largest absolute Gasteiger partial charge is 0.207 e. The Bertz CT molecular complexity index is 454. The summed E-state index contributed by atoms with van der Waals surface area (Å²) in [5.74, 6) is 0.654. The second kappa shape index (κ2) is 6.96. The Morgan fingerprint density at radius 2 is 2.26 bits per heavy atom. The summed E-state index contributed by atoms with van der Waals surface area (Å²) in [5.41, 5.74) is 0. The van der Waals surface area contributed by atoms with E-state index in [2.05, 4.69) is 13.0 Å². The zero-order valence-corrected chi connectivity index (χ0v) is 12.1. The third kappa shape index (κ3) is 3.98. The molecular weight excluding hydrogens is 257 g/mol. The van der Waals surface area contributed by atoms with Gasteiger partial charge in [0.05, 0.1) is 12.0 Å². The van der Waals surface area contributed by atoms with Gasteiger partial charge in [0.25, 0.3) is 0 Å². The van der Waals surface area contributed by atoms with Crippen LogP contribution in [0.2, 0.25) is 0 Å². The van der Waals surface area contributed by atoms with Crippen molar-refractivity contribution in [2.75, 3.05) is 0 Å². The Hall–Kier alpha value is -1.01. The highest BCUT2D eigenvalue weighted by atomic mass is 32.2. The summed E-state index contributed by atoms with van der Waals surface area (Å²) in [4.78, 5) is 0.947. The number of thioether (sulfide) groups is 1. The fourth-order valence-electron chi connectivity index (χ4n) is 2.88. The summed E-state index contributed by atoms with van der Waals surface area (Å²) in [5, 5.41) is 9.59. The van der Waals surface area contributed by atoms with E-state index in [0.29, 0.717) is 5.25 Å². The lowest BCUT2D eigenvalue weighted by Crippen LogP contribution is -2.26. The number of benzene rings is 1. The first-order valence-electron chi connectivity index (χ1n) is 7.04. The molecule has 3 heteroatoms. The minimum atomic E-state index is -0.195. The molecule has 19 heavy (non-hydrogen) atoms. The van der Waals surface area contributed by atoms with Crippen molar-refractivity contribution < 1.29 is 4.39 Å². The zero-order chi connectivity index (χ0) is 13.7. The summed E-state index contributed by atoms with van der Waals surface area (Å²) in [7, 11) is 0. The molecule has 0 aliphatic heterocycles. The third-order valence-corrected chi connectivity index (χ3v) is 5.20. The van der Waals surface area contributed by atoms with Crippen LogP contribution in [0.4, 0.5) is 4.39 Å². The molecule has 0 spiro atoms. The molecule has 1 aromatic rings. The van der Waals surface area contributed by atoms with Gasteiger partial charge in [-0.3, -0.25) is 0 Å². The van der Waals surface area contributed by atoms with Crippen LogP contribution < -0.4 is 0 Å². The molecular formula is C16H20FNS. The topological polar surface area (TPSA) is 23.8 Å². The second-order valence-electron chi connectivity index (χ2n) is 5.32. The first-order chi connectivity index (χ1) is 9.22. The smallest absolute Gasteiger partial charge is 0.124 e. The molecule has 1 saturated carbocycles. The standard InChI is InChI=1S/C16H20FNS/c1-2-4-12-7-8-13(11-18)16(9-12)19-15-6-3-5-14(17)10-15/h3,5-6,10,12-13,16H,2,4,7-9H2,1H3. The predicted octanol–water partition coefficient (Wildman–Crippen LogP) is 5.03. The van der Waals surface area contributed by atoms with E-state index in [9.17, 15) is 9.65 Å². The summed E-state index contributed by atoms with van der Waals surface area (Å²) >= 11 is 1.68. The van der Waals surface area contributed by atoms with E-state index in [0.717, 1.165) is 23.7 Å². The van der Waals surface area contributed by atoms with E-state index in [4.69, 9.17) is 0 Å². The van der Waals surface area contributed by atoms with Crippen LogP contribution in [0.25, 0.3) is 0 Å². The molecule has 1 aliphatic carbocycles. The van der Waals surface area contributed by atoms with Crippen LogP contribution in [-0.4, -0.2) is 5.25 Å². The van der Waals surface area contributed by atoms with Crippen LogP contribution >= 0.6 is 11.8 Å². The first kappa shape index (κ1) is 14.4. The number of rotatable bonds is 4. The van der Waals surface area contributed by atoms with Crippen LogP contribution in [0.15, 0.2) is 29.2 Å². The van der Waals surface area contributed by atoms with Crippen molar-refractivity contribution in [2.45, 2.75) is 49.2 Å². The maximum Gasteiger partial charge on any atom is 0.124 e. The van der Waals surface area contributed by atoms with Crippen molar-refractivity contribution in [1.82, 2.24) is 0 Å². The van der Waals surface area contributed by atoms with Gasteiger partial charge in [-0.05, 0) is 43.4 Å². The minimum absolute atomic E-state index is 0.112. The van der Waals surface area contributed by atoms with Gasteiger partial charge in [0.1, 0.15) is 5.82 Å². The number of nitriles is 1. The number of hydrogen-bond donors (Lipinski definition) is 0. The molecule has 1 fully saturated rings. The number of nitrogens with zero attached hydrogens (tertiary/aromatic N) is 1. The molecule has 0 amide bonds. The number of hydrogen-bond acceptors (Lipinski definition) is 2. The van der Waals surface area contributed by atoms with Crippen molar-refractivity contribution in [3.63, 3.8) is 0 Å². The quantitative estimate of drug-likeness (QED) is 0.771. The van der Waals surface area contributed by atoms with Gasteiger partial charge in [-0.2, -0.15) is 5.26 Å². The lowest BCUT2D eigenvalue weighted by atomic mass is 9.80. The van der Waals surface area contributed by atoms with Gasteiger partial charge >= 0.3 is 0 Å². The molecule has 0 bridgehead atoms. The van der Waals surface area contributed by atoms with Crippen LogP contribution in [0.5, 0.6) is 0 Å². The van der Waals surface area contributed by atoms with E-state index >= 15 is 0 Å². The van der Waals surface area contributed by atoms with Crippen LogP contribution in [0.3, 0.4) is 0 Å². The Morgan fingerprint density at radius 1 is 1.42 bits per heavy atom. The maximum absolute atomic E-state index is 13.2. The Morgan fingerprint density at radius 3 is 2.95 bits per heavy atom. The van der Waals surface area contributed by atoms with Gasteiger partial charge in [0.2, 0.25) is 0 Å². The van der Waals surface area contributed by atoms with Crippen molar-refractivity contribution in [3.05, 3.63) is 30.1 Å². The van der Waals surface area contributed by atoms with E-state index in [1.54, 1.807) is 23.9 Å². The van der Waals surface area contributed by atoms with Crippen LogP contribution in [-0.2, 0) is 0 Å². The summed E-state index contributed by atoms with van der Waals surface area (Å²) < 4.78 is 13.2. The van der Waals surface area contributed by atoms with Gasteiger partial charge in [0.15, 0.2) is 0 Å². The van der Waals surface area contributed by atoms with Crippen molar-refractivity contribution >= 4 is 11.8 Å². The Kier molecular flexibility index (Phi) is 5.27. The van der Waals surface area contributed by atoms with Crippen molar-refractivity contribution in [2.24, 2.45) is 11.8 Å². The molecule has 2 rings (SSSR count). The lowest BCUT2D eigenvalue weighted by Gasteiger charge is -2.32. The highest BCUT2D eigenvalue weighted by Gasteiger charge is 2.30. The first-order valence-corrected chi connectivity index (χ1v) is 7.92. The molecule has 102 valence electrons. The van der Waals surface area contributed by atoms with Gasteiger partial charge in [0, 0.05) is 10.1 Å². The second-order valence-corrected chi connectivity index (χ2v) is 6.63. The SMILES string of the molecule is CCCC1CCC(C#N)C(Sc2cccc(F)c2)C1. The molecule has 1 aliphatic rings. The van der Waals surface area contributed by atoms with E-state index < -0.39 is 0 Å². The third-order valence-electron chi connectivity index (χ3n) is 3.85. The zero-order valence-electron chi connectivity index (χ0n) is 11.3. The Labute approximate surface area is 119 Å². The monoisotopic (exact) mass is 277 g/mol. The van der Waals surface area contributed by atoms with Gasteiger partial charge in [-0.1, -0.05) is 25.8 Å². The average molecular weight is 277 g/mol. The van der Waals surface area contributed by atoms with E-state index in [-0.39, 0.29) is 11.7 Å². The molecule has 0 saturated heterocycles. The molecule has 0 heterocycles. The van der Waals surface area contributed by atoms with Crippen molar-refractivity contribution in [1.29, 1.82) is 5.26 Å². The molecule has 0 aromatic heterocycles. The lowest BCUT2D eigenvalue weighted by molar-refractivity contribution is 0.307. The van der Waals surface area contributed by atoms with Gasteiger partial charge in [-0.15, -0.1) is 11.8 Å². The van der Waals surface area contributed by atoms with E-state index in [1.807, 2.05) is 6.07 Å². The fraction of sp³-hybridized carbons (Fsp3) is 0.562. The molecule has 3 unspecified atom stereocenters. The maximum atomic E-state index is 13.2. The highest BCUT2D eigenvalue weighted by molar-refractivity contribution is 8.00. The van der Waals surface area contributed by atoms with Crippen LogP contribution in [0.1, 0.15) is 39.0 Å². The van der Waals surface area contributed by atoms with Gasteiger partial charge in [-0.25, -0.2) is 4.39 Å². The van der Waals surface area contributed by atoms with E-state index in [1.165, 1.54) is 25.3 Å². The summed E-state index contributed by atoms with van der Waals surface area (Å²) in [6.45, 7) is 2.21. The minimum Gasteiger partial charge on any atom is -0.207 e. The highest BCUT2D eigenvalue weighted by Crippen LogP contribution is 2.41. The molecule has 1 nitrogen and oxygen atoms in total. The Balaban J connectivity index is 2.04. The number of halogens is 1. The van der Waals surface area contributed by atoms with Crippen LogP contribution in [0, 0.1) is 29.0 Å². The molecule has 3 atom stereocenters.